The molecule has 1 atom stereocenters. The highest BCUT2D eigenvalue weighted by Gasteiger charge is 2.18. The predicted octanol–water partition coefficient (Wildman–Crippen LogP) is 1.17. The first-order valence-corrected chi connectivity index (χ1v) is 6.62. The van der Waals surface area contributed by atoms with E-state index in [1.807, 2.05) is 14.0 Å². The van der Waals surface area contributed by atoms with Gasteiger partial charge in [0.25, 0.3) is 0 Å². The van der Waals surface area contributed by atoms with Crippen molar-refractivity contribution in [1.82, 2.24) is 14.7 Å². The molecule has 0 aromatic carbocycles. The Bertz CT molecular complexity index is 396. The first kappa shape index (κ1) is 13.4. The molecule has 1 aliphatic heterocycles. The lowest BCUT2D eigenvalue weighted by Gasteiger charge is -2.27. The number of nitrogens with zero attached hydrogens (tertiary/aromatic N) is 3. The number of hydrogen-bond donors (Lipinski definition) is 1. The van der Waals surface area contributed by atoms with Crippen LogP contribution in [0.25, 0.3) is 0 Å². The van der Waals surface area contributed by atoms with Crippen molar-refractivity contribution >= 4 is 5.82 Å². The average Bonchev–Trinajstić information content (AvgIpc) is 2.57. The number of nitrogens with two attached hydrogens (primary N) is 1. The van der Waals surface area contributed by atoms with Crippen molar-refractivity contribution in [3.63, 3.8) is 0 Å². The summed E-state index contributed by atoms with van der Waals surface area (Å²) < 4.78 is 7.27. The van der Waals surface area contributed by atoms with Crippen molar-refractivity contribution in [2.75, 3.05) is 32.5 Å². The molecule has 0 bridgehead atoms. The van der Waals surface area contributed by atoms with Crippen LogP contribution in [-0.4, -0.2) is 41.5 Å². The van der Waals surface area contributed by atoms with Gasteiger partial charge < -0.3 is 15.4 Å². The molecule has 5 nitrogen and oxygen atoms in total. The second-order valence-corrected chi connectivity index (χ2v) is 5.35. The van der Waals surface area contributed by atoms with Crippen molar-refractivity contribution in [1.29, 1.82) is 0 Å². The molecule has 1 unspecified atom stereocenters. The standard InChI is InChI=1S/C13H24N4O/c1-10-12(13(14)17(3)15-10)8-16(2)7-11-5-4-6-18-9-11/h11H,4-9,14H2,1-3H3. The minimum absolute atomic E-state index is 0.655. The van der Waals surface area contributed by atoms with Gasteiger partial charge in [0.1, 0.15) is 5.82 Å². The van der Waals surface area contributed by atoms with Gasteiger partial charge in [-0.2, -0.15) is 5.10 Å². The zero-order chi connectivity index (χ0) is 13.1. The minimum atomic E-state index is 0.655. The zero-order valence-corrected chi connectivity index (χ0v) is 11.6. The largest absolute Gasteiger partial charge is 0.384 e. The van der Waals surface area contributed by atoms with Crippen LogP contribution in [0.2, 0.25) is 0 Å². The van der Waals surface area contributed by atoms with Crippen molar-refractivity contribution in [3.8, 4) is 0 Å². The molecule has 2 N–H and O–H groups in total. The van der Waals surface area contributed by atoms with Gasteiger partial charge in [0.05, 0.1) is 12.3 Å². The summed E-state index contributed by atoms with van der Waals surface area (Å²) in [6, 6.07) is 0. The molecule has 1 saturated heterocycles. The van der Waals surface area contributed by atoms with Crippen LogP contribution < -0.4 is 5.73 Å². The van der Waals surface area contributed by atoms with Crippen LogP contribution in [0, 0.1) is 12.8 Å². The van der Waals surface area contributed by atoms with E-state index in [1.165, 1.54) is 12.8 Å². The topological polar surface area (TPSA) is 56.3 Å². The van der Waals surface area contributed by atoms with Crippen LogP contribution >= 0.6 is 0 Å². The summed E-state index contributed by atoms with van der Waals surface area (Å²) in [6.45, 7) is 5.76. The normalized spacial score (nSPS) is 20.6. The van der Waals surface area contributed by atoms with Crippen molar-refractivity contribution in [3.05, 3.63) is 11.3 Å². The Labute approximate surface area is 109 Å². The van der Waals surface area contributed by atoms with E-state index in [-0.39, 0.29) is 0 Å². The van der Waals surface area contributed by atoms with Crippen LogP contribution in [0.1, 0.15) is 24.1 Å². The first-order valence-electron chi connectivity index (χ1n) is 6.62. The Kier molecular flexibility index (Phi) is 4.24. The Morgan fingerprint density at radius 2 is 2.33 bits per heavy atom. The van der Waals surface area contributed by atoms with Crippen molar-refractivity contribution in [2.24, 2.45) is 13.0 Å². The first-order chi connectivity index (χ1) is 8.58. The van der Waals surface area contributed by atoms with Crippen LogP contribution in [0.5, 0.6) is 0 Å². The Balaban J connectivity index is 1.91. The molecule has 1 aliphatic rings. The number of nitrogen functional groups attached to an aromatic ring is 1. The van der Waals surface area contributed by atoms with Crippen molar-refractivity contribution < 1.29 is 4.74 Å². The number of aryl methyl sites for hydroxylation is 2. The molecular weight excluding hydrogens is 228 g/mol. The fourth-order valence-electron chi connectivity index (χ4n) is 2.64. The molecule has 0 spiro atoms. The van der Waals surface area contributed by atoms with Gasteiger partial charge in [-0.15, -0.1) is 0 Å². The molecule has 1 aromatic heterocycles. The molecular formula is C13H24N4O. The summed E-state index contributed by atoms with van der Waals surface area (Å²) >= 11 is 0. The third-order valence-corrected chi connectivity index (χ3v) is 3.65. The summed E-state index contributed by atoms with van der Waals surface area (Å²) in [5.74, 6) is 1.43. The molecule has 102 valence electrons. The van der Waals surface area contributed by atoms with E-state index in [2.05, 4.69) is 17.0 Å². The van der Waals surface area contributed by atoms with Crippen LogP contribution in [-0.2, 0) is 18.3 Å². The van der Waals surface area contributed by atoms with Gasteiger partial charge in [0.15, 0.2) is 0 Å². The maximum Gasteiger partial charge on any atom is 0.126 e. The molecule has 0 saturated carbocycles. The van der Waals surface area contributed by atoms with Gasteiger partial charge in [-0.1, -0.05) is 0 Å². The number of ether oxygens (including phenoxy) is 1. The van der Waals surface area contributed by atoms with E-state index in [4.69, 9.17) is 10.5 Å². The third-order valence-electron chi connectivity index (χ3n) is 3.65. The molecule has 1 aromatic rings. The van der Waals surface area contributed by atoms with Gasteiger partial charge >= 0.3 is 0 Å². The van der Waals surface area contributed by atoms with Crippen molar-refractivity contribution in [2.45, 2.75) is 26.3 Å². The monoisotopic (exact) mass is 252 g/mol. The number of anilines is 1. The summed E-state index contributed by atoms with van der Waals surface area (Å²) in [7, 11) is 4.03. The highest BCUT2D eigenvalue weighted by molar-refractivity contribution is 5.42. The predicted molar refractivity (Wildman–Crippen MR) is 72.2 cm³/mol. The lowest BCUT2D eigenvalue weighted by molar-refractivity contribution is 0.0411. The van der Waals surface area contributed by atoms with Gasteiger partial charge in [-0.25, -0.2) is 0 Å². The quantitative estimate of drug-likeness (QED) is 0.874. The second-order valence-electron chi connectivity index (χ2n) is 5.35. The number of hydrogen-bond acceptors (Lipinski definition) is 4. The second kappa shape index (κ2) is 5.71. The summed E-state index contributed by atoms with van der Waals surface area (Å²) in [6.07, 6.45) is 2.46. The van der Waals surface area contributed by atoms with Crippen LogP contribution in [0.15, 0.2) is 0 Å². The van der Waals surface area contributed by atoms with Crippen LogP contribution in [0.4, 0.5) is 5.82 Å². The summed E-state index contributed by atoms with van der Waals surface area (Å²) in [5.41, 5.74) is 8.21. The smallest absolute Gasteiger partial charge is 0.126 e. The zero-order valence-electron chi connectivity index (χ0n) is 11.6. The highest BCUT2D eigenvalue weighted by atomic mass is 16.5. The van der Waals surface area contributed by atoms with E-state index in [0.717, 1.165) is 43.4 Å². The fourth-order valence-corrected chi connectivity index (χ4v) is 2.64. The lowest BCUT2D eigenvalue weighted by atomic mass is 10.0. The maximum absolute atomic E-state index is 6.03. The fraction of sp³-hybridized carbons (Fsp3) is 0.769. The van der Waals surface area contributed by atoms with Gasteiger partial charge in [-0.3, -0.25) is 4.68 Å². The molecule has 5 heteroatoms. The van der Waals surface area contributed by atoms with Gasteiger partial charge in [0.2, 0.25) is 0 Å². The Morgan fingerprint density at radius 3 is 2.89 bits per heavy atom. The molecule has 18 heavy (non-hydrogen) atoms. The van der Waals surface area contributed by atoms with E-state index in [0.29, 0.717) is 5.92 Å². The van der Waals surface area contributed by atoms with E-state index < -0.39 is 0 Å². The maximum atomic E-state index is 6.03. The third kappa shape index (κ3) is 3.03. The molecule has 2 rings (SSSR count). The Hall–Kier alpha value is -1.07. The average molecular weight is 252 g/mol. The SMILES string of the molecule is Cc1nn(C)c(N)c1CN(C)CC1CCCOC1. The molecule has 0 radical (unpaired) electrons. The number of rotatable bonds is 4. The lowest BCUT2D eigenvalue weighted by Crippen LogP contribution is -2.30. The minimum Gasteiger partial charge on any atom is -0.384 e. The summed E-state index contributed by atoms with van der Waals surface area (Å²) in [4.78, 5) is 2.32. The Morgan fingerprint density at radius 1 is 1.56 bits per heavy atom. The molecule has 2 heterocycles. The van der Waals surface area contributed by atoms with Gasteiger partial charge in [-0.05, 0) is 32.7 Å². The van der Waals surface area contributed by atoms with Gasteiger partial charge in [0, 0.05) is 32.3 Å². The van der Waals surface area contributed by atoms with E-state index in [9.17, 15) is 0 Å². The highest BCUT2D eigenvalue weighted by Crippen LogP contribution is 2.19. The van der Waals surface area contributed by atoms with Crippen LogP contribution in [0.3, 0.4) is 0 Å². The van der Waals surface area contributed by atoms with E-state index >= 15 is 0 Å². The molecule has 1 fully saturated rings. The molecule has 0 aliphatic carbocycles. The summed E-state index contributed by atoms with van der Waals surface area (Å²) in [5, 5.41) is 4.35. The molecule has 0 amide bonds. The number of aromatic nitrogens is 2. The van der Waals surface area contributed by atoms with E-state index in [1.54, 1.807) is 4.68 Å².